The Balaban J connectivity index is 1.80. The Labute approximate surface area is 114 Å². The van der Waals surface area contributed by atoms with Crippen molar-refractivity contribution in [2.45, 2.75) is 52.0 Å². The van der Waals surface area contributed by atoms with E-state index in [1.54, 1.807) is 0 Å². The standard InChI is InChI=1S/C14H22N4O/c1-10-9-11(2)17-14(16-10)18-13(19)7-6-12-5-3-4-8-15-12/h9,12,15H,3-8H2,1-2H3,(H,16,17,18,19). The lowest BCUT2D eigenvalue weighted by molar-refractivity contribution is -0.116. The summed E-state index contributed by atoms with van der Waals surface area (Å²) in [5.74, 6) is 0.413. The molecular weight excluding hydrogens is 240 g/mol. The van der Waals surface area contributed by atoms with E-state index in [4.69, 9.17) is 0 Å². The normalized spacial score (nSPS) is 19.2. The van der Waals surface area contributed by atoms with Crippen LogP contribution in [-0.4, -0.2) is 28.5 Å². The van der Waals surface area contributed by atoms with Crippen molar-refractivity contribution in [2.75, 3.05) is 11.9 Å². The minimum atomic E-state index is -0.00243. The maximum absolute atomic E-state index is 11.9. The SMILES string of the molecule is Cc1cc(C)nc(NC(=O)CCC2CCCCN2)n1. The third kappa shape index (κ3) is 4.59. The molecule has 2 rings (SSSR count). The molecule has 0 bridgehead atoms. The highest BCUT2D eigenvalue weighted by molar-refractivity contribution is 5.88. The lowest BCUT2D eigenvalue weighted by atomic mass is 10.0. The molecule has 1 atom stereocenters. The third-order valence-electron chi connectivity index (χ3n) is 3.37. The number of aromatic nitrogens is 2. The number of hydrogen-bond donors (Lipinski definition) is 2. The van der Waals surface area contributed by atoms with Crippen LogP contribution in [0.1, 0.15) is 43.5 Å². The fraction of sp³-hybridized carbons (Fsp3) is 0.643. The van der Waals surface area contributed by atoms with Gasteiger partial charge in [0, 0.05) is 23.9 Å². The zero-order valence-electron chi connectivity index (χ0n) is 11.7. The quantitative estimate of drug-likeness (QED) is 0.870. The largest absolute Gasteiger partial charge is 0.314 e. The molecule has 5 heteroatoms. The Bertz CT molecular complexity index is 421. The summed E-state index contributed by atoms with van der Waals surface area (Å²) in [6, 6.07) is 2.38. The van der Waals surface area contributed by atoms with E-state index in [9.17, 15) is 4.79 Å². The van der Waals surface area contributed by atoms with Gasteiger partial charge in [-0.1, -0.05) is 6.42 Å². The van der Waals surface area contributed by atoms with Crippen LogP contribution in [0.15, 0.2) is 6.07 Å². The number of aryl methyl sites for hydroxylation is 2. The number of amides is 1. The molecule has 0 spiro atoms. The van der Waals surface area contributed by atoms with Crippen molar-refractivity contribution in [3.63, 3.8) is 0 Å². The Kier molecular flexibility index (Phi) is 4.85. The van der Waals surface area contributed by atoms with Gasteiger partial charge in [0.15, 0.2) is 0 Å². The maximum atomic E-state index is 11.9. The van der Waals surface area contributed by atoms with Crippen LogP contribution in [0.25, 0.3) is 0 Å². The van der Waals surface area contributed by atoms with Gasteiger partial charge in [-0.15, -0.1) is 0 Å². The first-order chi connectivity index (χ1) is 9.13. The summed E-state index contributed by atoms with van der Waals surface area (Å²) in [4.78, 5) is 20.3. The summed E-state index contributed by atoms with van der Waals surface area (Å²) in [6.45, 7) is 4.87. The molecule has 1 aliphatic rings. The smallest absolute Gasteiger partial charge is 0.229 e. The molecule has 104 valence electrons. The van der Waals surface area contributed by atoms with E-state index >= 15 is 0 Å². The first-order valence-electron chi connectivity index (χ1n) is 6.99. The molecule has 1 amide bonds. The van der Waals surface area contributed by atoms with E-state index in [1.165, 1.54) is 19.3 Å². The zero-order chi connectivity index (χ0) is 13.7. The van der Waals surface area contributed by atoms with E-state index in [2.05, 4.69) is 20.6 Å². The number of rotatable bonds is 4. The van der Waals surface area contributed by atoms with Crippen molar-refractivity contribution in [1.29, 1.82) is 0 Å². The summed E-state index contributed by atoms with van der Waals surface area (Å²) in [6.07, 6.45) is 5.09. The summed E-state index contributed by atoms with van der Waals surface area (Å²) < 4.78 is 0. The van der Waals surface area contributed by atoms with Gasteiger partial charge >= 0.3 is 0 Å². The Morgan fingerprint density at radius 3 is 2.74 bits per heavy atom. The van der Waals surface area contributed by atoms with E-state index in [-0.39, 0.29) is 5.91 Å². The Morgan fingerprint density at radius 1 is 1.37 bits per heavy atom. The van der Waals surface area contributed by atoms with Crippen molar-refractivity contribution >= 4 is 11.9 Å². The highest BCUT2D eigenvalue weighted by Gasteiger charge is 2.14. The van der Waals surface area contributed by atoms with Crippen molar-refractivity contribution in [2.24, 2.45) is 0 Å². The monoisotopic (exact) mass is 262 g/mol. The second-order valence-corrected chi connectivity index (χ2v) is 5.21. The number of hydrogen-bond acceptors (Lipinski definition) is 4. The Hall–Kier alpha value is -1.49. The topological polar surface area (TPSA) is 66.9 Å². The minimum Gasteiger partial charge on any atom is -0.314 e. The molecule has 2 heterocycles. The van der Waals surface area contributed by atoms with Crippen LogP contribution in [-0.2, 0) is 4.79 Å². The van der Waals surface area contributed by atoms with Crippen molar-refractivity contribution in [3.05, 3.63) is 17.5 Å². The van der Waals surface area contributed by atoms with Gasteiger partial charge in [0.05, 0.1) is 0 Å². The second-order valence-electron chi connectivity index (χ2n) is 5.21. The van der Waals surface area contributed by atoms with Gasteiger partial charge in [0.25, 0.3) is 0 Å². The van der Waals surface area contributed by atoms with Crippen LogP contribution < -0.4 is 10.6 Å². The number of carbonyl (C=O) groups is 1. The van der Waals surface area contributed by atoms with E-state index < -0.39 is 0 Å². The molecule has 1 aliphatic heterocycles. The molecule has 0 radical (unpaired) electrons. The van der Waals surface area contributed by atoms with E-state index in [0.29, 0.717) is 18.4 Å². The van der Waals surface area contributed by atoms with Gasteiger partial charge in [-0.2, -0.15) is 0 Å². The summed E-state index contributed by atoms with van der Waals surface area (Å²) in [5.41, 5.74) is 1.74. The molecule has 19 heavy (non-hydrogen) atoms. The average molecular weight is 262 g/mol. The van der Waals surface area contributed by atoms with E-state index in [0.717, 1.165) is 24.4 Å². The molecule has 1 aromatic rings. The molecule has 1 fully saturated rings. The maximum Gasteiger partial charge on any atom is 0.229 e. The number of piperidine rings is 1. The third-order valence-corrected chi connectivity index (χ3v) is 3.37. The van der Waals surface area contributed by atoms with Crippen LogP contribution in [0.3, 0.4) is 0 Å². The van der Waals surface area contributed by atoms with E-state index in [1.807, 2.05) is 19.9 Å². The number of nitrogens with zero attached hydrogens (tertiary/aromatic N) is 2. The van der Waals surface area contributed by atoms with Gasteiger partial charge in [0.2, 0.25) is 11.9 Å². The number of nitrogens with one attached hydrogen (secondary N) is 2. The molecule has 1 saturated heterocycles. The highest BCUT2D eigenvalue weighted by atomic mass is 16.1. The molecule has 0 aliphatic carbocycles. The predicted octanol–water partition coefficient (Wildman–Crippen LogP) is 1.95. The number of carbonyl (C=O) groups excluding carboxylic acids is 1. The fourth-order valence-corrected chi connectivity index (χ4v) is 2.44. The molecule has 0 saturated carbocycles. The van der Waals surface area contributed by atoms with Crippen LogP contribution >= 0.6 is 0 Å². The second kappa shape index (κ2) is 6.61. The summed E-state index contributed by atoms with van der Waals surface area (Å²) in [5, 5.41) is 6.22. The molecule has 5 nitrogen and oxygen atoms in total. The van der Waals surface area contributed by atoms with Crippen LogP contribution in [0.2, 0.25) is 0 Å². The summed E-state index contributed by atoms with van der Waals surface area (Å²) in [7, 11) is 0. The Morgan fingerprint density at radius 2 is 2.11 bits per heavy atom. The molecule has 1 aromatic heterocycles. The van der Waals surface area contributed by atoms with Crippen molar-refractivity contribution < 1.29 is 4.79 Å². The van der Waals surface area contributed by atoms with Crippen LogP contribution in [0.5, 0.6) is 0 Å². The first-order valence-corrected chi connectivity index (χ1v) is 6.99. The van der Waals surface area contributed by atoms with Crippen LogP contribution in [0.4, 0.5) is 5.95 Å². The molecule has 2 N–H and O–H groups in total. The number of anilines is 1. The van der Waals surface area contributed by atoms with Crippen molar-refractivity contribution in [3.8, 4) is 0 Å². The van der Waals surface area contributed by atoms with Crippen molar-refractivity contribution in [1.82, 2.24) is 15.3 Å². The fourth-order valence-electron chi connectivity index (χ4n) is 2.44. The lowest BCUT2D eigenvalue weighted by Crippen LogP contribution is -2.34. The molecule has 1 unspecified atom stereocenters. The lowest BCUT2D eigenvalue weighted by Gasteiger charge is -2.22. The van der Waals surface area contributed by atoms with Gasteiger partial charge < -0.3 is 5.32 Å². The zero-order valence-corrected chi connectivity index (χ0v) is 11.7. The molecular formula is C14H22N4O. The minimum absolute atomic E-state index is 0.00243. The average Bonchev–Trinajstić information content (AvgIpc) is 2.36. The van der Waals surface area contributed by atoms with Gasteiger partial charge in [-0.3, -0.25) is 10.1 Å². The predicted molar refractivity (Wildman–Crippen MR) is 75.0 cm³/mol. The van der Waals surface area contributed by atoms with Gasteiger partial charge in [-0.25, -0.2) is 9.97 Å². The van der Waals surface area contributed by atoms with Gasteiger partial charge in [-0.05, 0) is 45.7 Å². The van der Waals surface area contributed by atoms with Gasteiger partial charge in [0.1, 0.15) is 0 Å². The first kappa shape index (κ1) is 13.9. The summed E-state index contributed by atoms with van der Waals surface area (Å²) >= 11 is 0. The molecule has 0 aromatic carbocycles. The van der Waals surface area contributed by atoms with Crippen LogP contribution in [0, 0.1) is 13.8 Å². The highest BCUT2D eigenvalue weighted by Crippen LogP contribution is 2.12.